The van der Waals surface area contributed by atoms with Gasteiger partial charge in [-0.3, -0.25) is 4.79 Å². The number of halogens is 1. The molecule has 0 spiro atoms. The molecule has 1 fully saturated rings. The Morgan fingerprint density at radius 3 is 2.18 bits per heavy atom. The summed E-state index contributed by atoms with van der Waals surface area (Å²) in [7, 11) is 0.896. The number of amides is 1. The first-order chi connectivity index (χ1) is 15.7. The molecule has 3 rings (SSSR count). The van der Waals surface area contributed by atoms with Gasteiger partial charge in [0, 0.05) is 19.0 Å². The quantitative estimate of drug-likeness (QED) is 0.599. The average molecular weight is 497 g/mol. The Balaban J connectivity index is 1.61. The minimum Gasteiger partial charge on any atom is -0.495 e. The lowest BCUT2D eigenvalue weighted by Gasteiger charge is -2.31. The third-order valence-electron chi connectivity index (χ3n) is 5.85. The monoisotopic (exact) mass is 496 g/mol. The van der Waals surface area contributed by atoms with Gasteiger partial charge in [-0.25, -0.2) is 8.42 Å². The van der Waals surface area contributed by atoms with Gasteiger partial charge in [-0.05, 0) is 55.7 Å². The van der Waals surface area contributed by atoms with Crippen molar-refractivity contribution in [3.05, 3.63) is 47.0 Å². The minimum atomic E-state index is -3.70. The van der Waals surface area contributed by atoms with Crippen LogP contribution in [0.5, 0.6) is 17.2 Å². The zero-order chi connectivity index (χ0) is 24.2. The molecule has 1 saturated heterocycles. The molecule has 1 heterocycles. The molecule has 8 nitrogen and oxygen atoms in total. The zero-order valence-electron chi connectivity index (χ0n) is 19.1. The Kier molecular flexibility index (Phi) is 8.10. The SMILES string of the molecule is COc1ccc(S(=O)(=O)N2CCC(C(=O)NC(C)c3ccc(OC)c(OC)c3)CC2)cc1Cl. The van der Waals surface area contributed by atoms with Crippen molar-refractivity contribution in [3.63, 3.8) is 0 Å². The third-order valence-corrected chi connectivity index (χ3v) is 8.04. The average Bonchev–Trinajstić information content (AvgIpc) is 2.83. The summed E-state index contributed by atoms with van der Waals surface area (Å²) in [5.74, 6) is 1.26. The van der Waals surface area contributed by atoms with E-state index in [1.165, 1.54) is 29.6 Å². The molecule has 10 heteroatoms. The lowest BCUT2D eigenvalue weighted by Crippen LogP contribution is -2.43. The highest BCUT2D eigenvalue weighted by atomic mass is 35.5. The number of ether oxygens (including phenoxy) is 3. The molecule has 1 atom stereocenters. The van der Waals surface area contributed by atoms with E-state index in [2.05, 4.69) is 5.32 Å². The molecule has 1 aliphatic heterocycles. The van der Waals surface area contributed by atoms with Crippen LogP contribution in [0.3, 0.4) is 0 Å². The number of nitrogens with zero attached hydrogens (tertiary/aromatic N) is 1. The fourth-order valence-electron chi connectivity index (χ4n) is 3.85. The predicted octanol–water partition coefficient (Wildman–Crippen LogP) is 3.64. The van der Waals surface area contributed by atoms with E-state index in [1.54, 1.807) is 20.3 Å². The van der Waals surface area contributed by atoms with Gasteiger partial charge in [0.1, 0.15) is 5.75 Å². The number of carbonyl (C=O) groups is 1. The van der Waals surface area contributed by atoms with Gasteiger partial charge in [-0.2, -0.15) is 4.31 Å². The molecule has 0 aliphatic carbocycles. The maximum Gasteiger partial charge on any atom is 0.243 e. The molecule has 1 aliphatic rings. The Bertz CT molecular complexity index is 1100. The number of nitrogens with one attached hydrogen (secondary N) is 1. The summed E-state index contributed by atoms with van der Waals surface area (Å²) in [4.78, 5) is 12.9. The maximum atomic E-state index is 13.0. The highest BCUT2D eigenvalue weighted by Gasteiger charge is 2.33. The molecule has 180 valence electrons. The Hall–Kier alpha value is -2.49. The Morgan fingerprint density at radius 1 is 1.00 bits per heavy atom. The van der Waals surface area contributed by atoms with Gasteiger partial charge >= 0.3 is 0 Å². The Morgan fingerprint density at radius 2 is 1.61 bits per heavy atom. The highest BCUT2D eigenvalue weighted by Crippen LogP contribution is 2.32. The molecular formula is C23H29ClN2O6S. The van der Waals surface area contributed by atoms with Crippen LogP contribution in [0.15, 0.2) is 41.3 Å². The van der Waals surface area contributed by atoms with E-state index >= 15 is 0 Å². The van der Waals surface area contributed by atoms with Crippen molar-refractivity contribution in [2.45, 2.75) is 30.7 Å². The largest absolute Gasteiger partial charge is 0.495 e. The summed E-state index contributed by atoms with van der Waals surface area (Å²) >= 11 is 6.10. The number of sulfonamides is 1. The van der Waals surface area contributed by atoms with E-state index in [9.17, 15) is 13.2 Å². The first-order valence-electron chi connectivity index (χ1n) is 10.6. The molecular weight excluding hydrogens is 468 g/mol. The number of carbonyl (C=O) groups excluding carboxylic acids is 1. The number of benzene rings is 2. The van der Waals surface area contributed by atoms with Crippen molar-refractivity contribution in [1.29, 1.82) is 0 Å². The topological polar surface area (TPSA) is 94.2 Å². The second-order valence-corrected chi connectivity index (χ2v) is 10.2. The molecule has 1 N–H and O–H groups in total. The molecule has 0 saturated carbocycles. The predicted molar refractivity (Wildman–Crippen MR) is 126 cm³/mol. The fourth-order valence-corrected chi connectivity index (χ4v) is 5.67. The smallest absolute Gasteiger partial charge is 0.243 e. The summed E-state index contributed by atoms with van der Waals surface area (Å²) in [5, 5.41) is 3.26. The van der Waals surface area contributed by atoms with Gasteiger partial charge in [0.15, 0.2) is 11.5 Å². The van der Waals surface area contributed by atoms with E-state index in [4.69, 9.17) is 25.8 Å². The maximum absolute atomic E-state index is 13.0. The molecule has 33 heavy (non-hydrogen) atoms. The first-order valence-corrected chi connectivity index (χ1v) is 12.4. The Labute approximate surface area is 199 Å². The van der Waals surface area contributed by atoms with E-state index in [1.807, 2.05) is 19.1 Å². The molecule has 1 amide bonds. The summed E-state index contributed by atoms with van der Waals surface area (Å²) in [6, 6.07) is 9.67. The summed E-state index contributed by atoms with van der Waals surface area (Å²) < 4.78 is 43.1. The summed E-state index contributed by atoms with van der Waals surface area (Å²) in [5.41, 5.74) is 0.886. The van der Waals surface area contributed by atoms with Crippen LogP contribution in [0.25, 0.3) is 0 Å². The second-order valence-electron chi connectivity index (χ2n) is 7.82. The van der Waals surface area contributed by atoms with Gasteiger partial charge < -0.3 is 19.5 Å². The summed E-state index contributed by atoms with van der Waals surface area (Å²) in [6.07, 6.45) is 0.876. The number of methoxy groups -OCH3 is 3. The lowest BCUT2D eigenvalue weighted by atomic mass is 9.96. The first kappa shape index (κ1) is 25.1. The van der Waals surface area contributed by atoms with E-state index < -0.39 is 10.0 Å². The fraction of sp³-hybridized carbons (Fsp3) is 0.435. The number of piperidine rings is 1. The van der Waals surface area contributed by atoms with Crippen molar-refractivity contribution in [2.24, 2.45) is 5.92 Å². The van der Waals surface area contributed by atoms with Crippen molar-refractivity contribution in [1.82, 2.24) is 9.62 Å². The van der Waals surface area contributed by atoms with E-state index in [-0.39, 0.29) is 40.9 Å². The van der Waals surface area contributed by atoms with Crippen molar-refractivity contribution < 1.29 is 27.4 Å². The van der Waals surface area contributed by atoms with Gasteiger partial charge in [0.2, 0.25) is 15.9 Å². The van der Waals surface area contributed by atoms with Gasteiger partial charge in [0.05, 0.1) is 37.3 Å². The zero-order valence-corrected chi connectivity index (χ0v) is 20.7. The van der Waals surface area contributed by atoms with Crippen LogP contribution >= 0.6 is 11.6 Å². The molecule has 1 unspecified atom stereocenters. The van der Waals surface area contributed by atoms with E-state index in [0.717, 1.165) is 5.56 Å². The molecule has 0 aromatic heterocycles. The van der Waals surface area contributed by atoms with Crippen LogP contribution in [0.4, 0.5) is 0 Å². The van der Waals surface area contributed by atoms with Crippen LogP contribution in [0.1, 0.15) is 31.4 Å². The van der Waals surface area contributed by atoms with Crippen LogP contribution in [-0.2, 0) is 14.8 Å². The van der Waals surface area contributed by atoms with Crippen LogP contribution in [0.2, 0.25) is 5.02 Å². The number of hydrogen-bond donors (Lipinski definition) is 1. The van der Waals surface area contributed by atoms with Crippen molar-refractivity contribution >= 4 is 27.5 Å². The van der Waals surface area contributed by atoms with E-state index in [0.29, 0.717) is 30.1 Å². The minimum absolute atomic E-state index is 0.0955. The lowest BCUT2D eigenvalue weighted by molar-refractivity contribution is -0.126. The van der Waals surface area contributed by atoms with Crippen molar-refractivity contribution in [2.75, 3.05) is 34.4 Å². The van der Waals surface area contributed by atoms with Gasteiger partial charge in [0.25, 0.3) is 0 Å². The molecule has 0 radical (unpaired) electrons. The molecule has 0 bridgehead atoms. The summed E-state index contributed by atoms with van der Waals surface area (Å²) in [6.45, 7) is 2.41. The van der Waals surface area contributed by atoms with Crippen LogP contribution < -0.4 is 19.5 Å². The van der Waals surface area contributed by atoms with Crippen LogP contribution in [-0.4, -0.2) is 53.0 Å². The van der Waals surface area contributed by atoms with Crippen molar-refractivity contribution in [3.8, 4) is 17.2 Å². The standard InChI is InChI=1S/C23H29ClN2O6S/c1-15(17-5-7-21(31-3)22(13-17)32-4)25-23(27)16-9-11-26(12-10-16)33(28,29)18-6-8-20(30-2)19(24)14-18/h5-8,13-16H,9-12H2,1-4H3,(H,25,27). The number of rotatable bonds is 8. The second kappa shape index (κ2) is 10.6. The highest BCUT2D eigenvalue weighted by molar-refractivity contribution is 7.89. The van der Waals surface area contributed by atoms with Gasteiger partial charge in [-0.1, -0.05) is 17.7 Å². The number of hydrogen-bond acceptors (Lipinski definition) is 6. The van der Waals surface area contributed by atoms with Gasteiger partial charge in [-0.15, -0.1) is 0 Å². The molecule has 2 aromatic carbocycles. The van der Waals surface area contributed by atoms with Crippen LogP contribution in [0, 0.1) is 5.92 Å². The normalized spacial score (nSPS) is 16.2. The third kappa shape index (κ3) is 5.54. The molecule has 2 aromatic rings.